The Morgan fingerprint density at radius 3 is 2.73 bits per heavy atom. The second-order valence-corrected chi connectivity index (χ2v) is 3.96. The Kier molecular flexibility index (Phi) is 2.84. The maximum absolute atomic E-state index is 8.73. The Labute approximate surface area is 96.1 Å². The normalized spacial score (nSPS) is 12.0. The minimum Gasteiger partial charge on any atom is -0.241 e. The van der Waals surface area contributed by atoms with Crippen LogP contribution in [0.25, 0.3) is 5.69 Å². The van der Waals surface area contributed by atoms with Crippen molar-refractivity contribution in [1.82, 2.24) is 9.78 Å². The lowest BCUT2D eigenvalue weighted by Crippen LogP contribution is -1.92. The first kappa shape index (κ1) is 9.94. The van der Waals surface area contributed by atoms with Crippen LogP contribution in [0, 0.1) is 11.3 Å². The van der Waals surface area contributed by atoms with Crippen molar-refractivity contribution in [3.63, 3.8) is 0 Å². The van der Waals surface area contributed by atoms with Gasteiger partial charge in [-0.1, -0.05) is 34.1 Å². The molecule has 1 aromatic carbocycles. The largest absolute Gasteiger partial charge is 0.241 e. The molecule has 15 heavy (non-hydrogen) atoms. The number of nitriles is 1. The van der Waals surface area contributed by atoms with E-state index < -0.39 is 0 Å². The lowest BCUT2D eigenvalue weighted by atomic mass is 10.3. The lowest BCUT2D eigenvalue weighted by molar-refractivity contribution is 0.880. The maximum Gasteiger partial charge on any atom is 0.129 e. The first-order valence-corrected chi connectivity index (χ1v) is 5.36. The van der Waals surface area contributed by atoms with Crippen LogP contribution in [-0.4, -0.2) is 9.78 Å². The molecular weight excluding hydrogens is 254 g/mol. The van der Waals surface area contributed by atoms with Gasteiger partial charge in [-0.3, -0.25) is 0 Å². The summed E-state index contributed by atoms with van der Waals surface area (Å²) in [5.41, 5.74) is 1.85. The summed E-state index contributed by atoms with van der Waals surface area (Å²) in [5.74, 6) is 0. The molecule has 0 aliphatic carbocycles. The minimum atomic E-state index is -0.296. The number of benzene rings is 1. The second kappa shape index (κ2) is 4.28. The molecule has 2 aromatic rings. The average Bonchev–Trinajstić information content (AvgIpc) is 2.78. The van der Waals surface area contributed by atoms with E-state index in [1.54, 1.807) is 10.9 Å². The van der Waals surface area contributed by atoms with E-state index >= 15 is 0 Å². The molecule has 0 spiro atoms. The predicted octanol–water partition coefficient (Wildman–Crippen LogP) is 2.83. The molecule has 0 fully saturated rings. The highest BCUT2D eigenvalue weighted by atomic mass is 79.9. The predicted molar refractivity (Wildman–Crippen MR) is 60.8 cm³/mol. The molecule has 74 valence electrons. The van der Waals surface area contributed by atoms with Crippen molar-refractivity contribution in [3.8, 4) is 11.8 Å². The maximum atomic E-state index is 8.73. The highest BCUT2D eigenvalue weighted by Gasteiger charge is 2.08. The third-order valence-electron chi connectivity index (χ3n) is 2.03. The molecular formula is C11H8BrN3. The van der Waals surface area contributed by atoms with Gasteiger partial charge in [0, 0.05) is 11.8 Å². The standard InChI is InChI=1S/C11H8BrN3/c12-11(6-13)9-7-14-15(8-9)10-4-2-1-3-5-10/h1-5,7-8,11H. The first-order valence-electron chi connectivity index (χ1n) is 4.45. The molecule has 0 amide bonds. The van der Waals surface area contributed by atoms with E-state index in [1.807, 2.05) is 36.5 Å². The van der Waals surface area contributed by atoms with E-state index in [9.17, 15) is 0 Å². The van der Waals surface area contributed by atoms with Crippen LogP contribution < -0.4 is 0 Å². The van der Waals surface area contributed by atoms with E-state index in [1.165, 1.54) is 0 Å². The van der Waals surface area contributed by atoms with Gasteiger partial charge in [-0.25, -0.2) is 4.68 Å². The number of alkyl halides is 1. The number of hydrogen-bond acceptors (Lipinski definition) is 2. The summed E-state index contributed by atoms with van der Waals surface area (Å²) in [6.45, 7) is 0. The van der Waals surface area contributed by atoms with Crippen LogP contribution in [0.15, 0.2) is 42.7 Å². The number of aromatic nitrogens is 2. The Morgan fingerprint density at radius 1 is 1.33 bits per heavy atom. The molecule has 0 aliphatic heterocycles. The van der Waals surface area contributed by atoms with Crippen molar-refractivity contribution < 1.29 is 0 Å². The van der Waals surface area contributed by atoms with Crippen molar-refractivity contribution in [2.75, 3.05) is 0 Å². The summed E-state index contributed by atoms with van der Waals surface area (Å²) < 4.78 is 1.75. The van der Waals surface area contributed by atoms with Crippen LogP contribution in [-0.2, 0) is 0 Å². The molecule has 2 rings (SSSR count). The number of halogens is 1. The van der Waals surface area contributed by atoms with E-state index in [4.69, 9.17) is 5.26 Å². The zero-order chi connectivity index (χ0) is 10.7. The molecule has 0 aliphatic rings. The minimum absolute atomic E-state index is 0.296. The highest BCUT2D eigenvalue weighted by Crippen LogP contribution is 2.21. The topological polar surface area (TPSA) is 41.6 Å². The Hall–Kier alpha value is -1.60. The van der Waals surface area contributed by atoms with Crippen LogP contribution in [0.1, 0.15) is 10.4 Å². The molecule has 0 saturated carbocycles. The van der Waals surface area contributed by atoms with Crippen molar-refractivity contribution in [3.05, 3.63) is 48.3 Å². The molecule has 0 radical (unpaired) electrons. The van der Waals surface area contributed by atoms with E-state index in [0.29, 0.717) is 0 Å². The van der Waals surface area contributed by atoms with Gasteiger partial charge < -0.3 is 0 Å². The molecule has 1 unspecified atom stereocenters. The zero-order valence-corrected chi connectivity index (χ0v) is 9.42. The Morgan fingerprint density at radius 2 is 2.07 bits per heavy atom. The van der Waals surface area contributed by atoms with Crippen LogP contribution >= 0.6 is 15.9 Å². The second-order valence-electron chi connectivity index (χ2n) is 3.05. The summed E-state index contributed by atoms with van der Waals surface area (Å²) >= 11 is 3.26. The molecule has 3 nitrogen and oxygen atoms in total. The van der Waals surface area contributed by atoms with Crippen molar-refractivity contribution >= 4 is 15.9 Å². The van der Waals surface area contributed by atoms with Gasteiger partial charge in [0.1, 0.15) is 4.83 Å². The smallest absolute Gasteiger partial charge is 0.129 e. The number of rotatable bonds is 2. The Balaban J connectivity index is 2.33. The molecule has 0 saturated heterocycles. The van der Waals surface area contributed by atoms with Gasteiger partial charge in [-0.05, 0) is 12.1 Å². The third kappa shape index (κ3) is 2.08. The van der Waals surface area contributed by atoms with Crippen LogP contribution in [0.2, 0.25) is 0 Å². The molecule has 0 bridgehead atoms. The van der Waals surface area contributed by atoms with Gasteiger partial charge in [0.15, 0.2) is 0 Å². The highest BCUT2D eigenvalue weighted by molar-refractivity contribution is 9.09. The lowest BCUT2D eigenvalue weighted by Gasteiger charge is -1.99. The monoisotopic (exact) mass is 261 g/mol. The molecule has 1 heterocycles. The number of nitrogens with zero attached hydrogens (tertiary/aromatic N) is 3. The van der Waals surface area contributed by atoms with Crippen LogP contribution in [0.4, 0.5) is 0 Å². The third-order valence-corrected chi connectivity index (χ3v) is 2.76. The molecule has 4 heteroatoms. The fraction of sp³-hybridized carbons (Fsp3) is 0.0909. The van der Waals surface area contributed by atoms with Gasteiger partial charge in [-0.15, -0.1) is 0 Å². The van der Waals surface area contributed by atoms with Gasteiger partial charge >= 0.3 is 0 Å². The van der Waals surface area contributed by atoms with Crippen molar-refractivity contribution in [2.24, 2.45) is 0 Å². The average molecular weight is 262 g/mol. The fourth-order valence-electron chi connectivity index (χ4n) is 1.26. The van der Waals surface area contributed by atoms with Crippen LogP contribution in [0.3, 0.4) is 0 Å². The van der Waals surface area contributed by atoms with Gasteiger partial charge in [-0.2, -0.15) is 10.4 Å². The molecule has 1 atom stereocenters. The van der Waals surface area contributed by atoms with Crippen molar-refractivity contribution in [2.45, 2.75) is 4.83 Å². The summed E-state index contributed by atoms with van der Waals surface area (Å²) in [7, 11) is 0. The summed E-state index contributed by atoms with van der Waals surface area (Å²) in [5, 5.41) is 12.9. The zero-order valence-electron chi connectivity index (χ0n) is 7.84. The summed E-state index contributed by atoms with van der Waals surface area (Å²) in [6, 6.07) is 11.9. The van der Waals surface area contributed by atoms with Gasteiger partial charge in [0.2, 0.25) is 0 Å². The first-order chi connectivity index (χ1) is 7.31. The van der Waals surface area contributed by atoms with E-state index in [2.05, 4.69) is 27.1 Å². The van der Waals surface area contributed by atoms with Crippen molar-refractivity contribution in [1.29, 1.82) is 5.26 Å². The van der Waals surface area contributed by atoms with E-state index in [-0.39, 0.29) is 4.83 Å². The van der Waals surface area contributed by atoms with Gasteiger partial charge in [0.05, 0.1) is 18.0 Å². The number of para-hydroxylation sites is 1. The Bertz CT molecular complexity index is 484. The van der Waals surface area contributed by atoms with E-state index in [0.717, 1.165) is 11.3 Å². The van der Waals surface area contributed by atoms with Gasteiger partial charge in [0.25, 0.3) is 0 Å². The van der Waals surface area contributed by atoms with Crippen LogP contribution in [0.5, 0.6) is 0 Å². The number of hydrogen-bond donors (Lipinski definition) is 0. The summed E-state index contributed by atoms with van der Waals surface area (Å²) in [6.07, 6.45) is 3.54. The summed E-state index contributed by atoms with van der Waals surface area (Å²) in [4.78, 5) is -0.296. The molecule has 0 N–H and O–H groups in total. The fourth-order valence-corrected chi connectivity index (χ4v) is 1.50. The quantitative estimate of drug-likeness (QED) is 0.781. The SMILES string of the molecule is N#CC(Br)c1cnn(-c2ccccc2)c1. The molecule has 1 aromatic heterocycles.